The first-order valence-electron chi connectivity index (χ1n) is 5.28. The zero-order valence-corrected chi connectivity index (χ0v) is 12.3. The Hall–Kier alpha value is -0.740. The van der Waals surface area contributed by atoms with E-state index in [-0.39, 0.29) is 0 Å². The van der Waals surface area contributed by atoms with Crippen LogP contribution < -0.4 is 4.74 Å². The number of rotatable bonds is 3. The highest BCUT2D eigenvalue weighted by molar-refractivity contribution is 14.1. The summed E-state index contributed by atoms with van der Waals surface area (Å²) in [7, 11) is 0. The zero-order valence-electron chi connectivity index (χ0n) is 9.41. The Morgan fingerprint density at radius 1 is 1.18 bits per heavy atom. The number of benzene rings is 2. The zero-order chi connectivity index (χ0) is 12.3. The van der Waals surface area contributed by atoms with E-state index >= 15 is 0 Å². The standard InChI is InChI=1S/C14H12ClIO/c1-10-7-11(9-15)5-6-14(10)17-13-4-2-3-12(16)8-13/h2-8H,9H2,1H3. The fourth-order valence-electron chi connectivity index (χ4n) is 1.57. The second-order valence-corrected chi connectivity index (χ2v) is 5.31. The van der Waals surface area contributed by atoms with Crippen molar-refractivity contribution >= 4 is 34.2 Å². The van der Waals surface area contributed by atoms with Crippen LogP contribution in [0.15, 0.2) is 42.5 Å². The fraction of sp³-hybridized carbons (Fsp3) is 0.143. The van der Waals surface area contributed by atoms with E-state index in [2.05, 4.69) is 28.7 Å². The van der Waals surface area contributed by atoms with Gasteiger partial charge in [0.05, 0.1) is 0 Å². The molecule has 0 fully saturated rings. The Balaban J connectivity index is 2.24. The summed E-state index contributed by atoms with van der Waals surface area (Å²) in [5.41, 5.74) is 2.21. The quantitative estimate of drug-likeness (QED) is 0.546. The highest BCUT2D eigenvalue weighted by Crippen LogP contribution is 2.27. The Kier molecular flexibility index (Phi) is 4.29. The van der Waals surface area contributed by atoms with Crippen molar-refractivity contribution in [3.05, 3.63) is 57.2 Å². The summed E-state index contributed by atoms with van der Waals surface area (Å²) in [6.07, 6.45) is 0. The lowest BCUT2D eigenvalue weighted by Gasteiger charge is -2.09. The molecule has 0 aromatic heterocycles. The average Bonchev–Trinajstić information content (AvgIpc) is 2.32. The van der Waals surface area contributed by atoms with Crippen LogP contribution in [0.5, 0.6) is 11.5 Å². The van der Waals surface area contributed by atoms with Gasteiger partial charge >= 0.3 is 0 Å². The second kappa shape index (κ2) is 5.74. The lowest BCUT2D eigenvalue weighted by molar-refractivity contribution is 0.478. The lowest BCUT2D eigenvalue weighted by Crippen LogP contribution is -1.89. The summed E-state index contributed by atoms with van der Waals surface area (Å²) in [5.74, 6) is 2.27. The predicted octanol–water partition coefficient (Wildman–Crippen LogP) is 5.13. The van der Waals surface area contributed by atoms with Gasteiger partial charge in [0, 0.05) is 9.45 Å². The number of hydrogen-bond acceptors (Lipinski definition) is 1. The Labute approximate surface area is 120 Å². The molecule has 0 radical (unpaired) electrons. The number of halogens is 2. The van der Waals surface area contributed by atoms with E-state index in [0.29, 0.717) is 5.88 Å². The van der Waals surface area contributed by atoms with Gasteiger partial charge in [-0.2, -0.15) is 0 Å². The van der Waals surface area contributed by atoms with Crippen LogP contribution in [0.25, 0.3) is 0 Å². The Morgan fingerprint density at radius 2 is 2.00 bits per heavy atom. The van der Waals surface area contributed by atoms with Crippen LogP contribution in [0.1, 0.15) is 11.1 Å². The molecule has 0 N–H and O–H groups in total. The van der Waals surface area contributed by atoms with Crippen molar-refractivity contribution < 1.29 is 4.74 Å². The lowest BCUT2D eigenvalue weighted by atomic mass is 10.1. The largest absolute Gasteiger partial charge is 0.457 e. The minimum atomic E-state index is 0.532. The number of alkyl halides is 1. The molecule has 0 aliphatic rings. The van der Waals surface area contributed by atoms with Crippen LogP contribution in [-0.2, 0) is 5.88 Å². The van der Waals surface area contributed by atoms with Gasteiger partial charge in [-0.3, -0.25) is 0 Å². The summed E-state index contributed by atoms with van der Waals surface area (Å²) >= 11 is 8.06. The highest BCUT2D eigenvalue weighted by atomic mass is 127. The van der Waals surface area contributed by atoms with E-state index in [1.807, 2.05) is 43.3 Å². The molecular weight excluding hydrogens is 347 g/mol. The number of hydrogen-bond donors (Lipinski definition) is 0. The number of aryl methyl sites for hydroxylation is 1. The third kappa shape index (κ3) is 3.36. The smallest absolute Gasteiger partial charge is 0.130 e. The highest BCUT2D eigenvalue weighted by Gasteiger charge is 2.02. The van der Waals surface area contributed by atoms with E-state index in [0.717, 1.165) is 26.2 Å². The molecule has 2 rings (SSSR count). The maximum atomic E-state index is 5.84. The molecular formula is C14H12ClIO. The third-order valence-electron chi connectivity index (χ3n) is 2.42. The van der Waals surface area contributed by atoms with Crippen LogP contribution >= 0.6 is 34.2 Å². The molecule has 2 aromatic carbocycles. The summed E-state index contributed by atoms with van der Waals surface area (Å²) in [4.78, 5) is 0. The molecule has 0 bridgehead atoms. The Bertz CT molecular complexity index is 525. The molecule has 1 nitrogen and oxygen atoms in total. The van der Waals surface area contributed by atoms with Crippen molar-refractivity contribution in [2.75, 3.05) is 0 Å². The first kappa shape index (κ1) is 12.7. The average molecular weight is 359 g/mol. The summed E-state index contributed by atoms with van der Waals surface area (Å²) in [6.45, 7) is 2.03. The summed E-state index contributed by atoms with van der Waals surface area (Å²) in [5, 5.41) is 0. The van der Waals surface area contributed by atoms with Crippen molar-refractivity contribution in [1.29, 1.82) is 0 Å². The maximum absolute atomic E-state index is 5.84. The van der Waals surface area contributed by atoms with E-state index in [4.69, 9.17) is 16.3 Å². The first-order chi connectivity index (χ1) is 8.19. The normalized spacial score (nSPS) is 10.3. The third-order valence-corrected chi connectivity index (χ3v) is 3.40. The maximum Gasteiger partial charge on any atom is 0.130 e. The van der Waals surface area contributed by atoms with Gasteiger partial charge in [-0.05, 0) is 64.9 Å². The minimum absolute atomic E-state index is 0.532. The molecule has 0 saturated carbocycles. The van der Waals surface area contributed by atoms with Gasteiger partial charge in [0.15, 0.2) is 0 Å². The number of ether oxygens (including phenoxy) is 1. The van der Waals surface area contributed by atoms with Crippen LogP contribution in [0.4, 0.5) is 0 Å². The van der Waals surface area contributed by atoms with Crippen LogP contribution in [0.2, 0.25) is 0 Å². The van der Waals surface area contributed by atoms with Gasteiger partial charge < -0.3 is 4.74 Å². The molecule has 88 valence electrons. The molecule has 0 heterocycles. The van der Waals surface area contributed by atoms with Gasteiger partial charge in [-0.1, -0.05) is 18.2 Å². The summed E-state index contributed by atoms with van der Waals surface area (Å²) in [6, 6.07) is 14.0. The molecule has 0 amide bonds. The molecule has 0 atom stereocenters. The molecule has 0 aliphatic carbocycles. The van der Waals surface area contributed by atoms with Gasteiger partial charge in [-0.25, -0.2) is 0 Å². The van der Waals surface area contributed by atoms with Crippen molar-refractivity contribution in [1.82, 2.24) is 0 Å². The topological polar surface area (TPSA) is 9.23 Å². The molecule has 3 heteroatoms. The van der Waals surface area contributed by atoms with E-state index in [1.165, 1.54) is 0 Å². The molecule has 17 heavy (non-hydrogen) atoms. The SMILES string of the molecule is Cc1cc(CCl)ccc1Oc1cccc(I)c1. The van der Waals surface area contributed by atoms with Gasteiger partial charge in [0.2, 0.25) is 0 Å². The molecule has 0 unspecified atom stereocenters. The first-order valence-corrected chi connectivity index (χ1v) is 6.89. The van der Waals surface area contributed by atoms with Crippen molar-refractivity contribution in [3.8, 4) is 11.5 Å². The van der Waals surface area contributed by atoms with Gasteiger partial charge in [-0.15, -0.1) is 11.6 Å². The molecule has 2 aromatic rings. The molecule has 0 spiro atoms. The monoisotopic (exact) mass is 358 g/mol. The molecule has 0 saturated heterocycles. The predicted molar refractivity (Wildman–Crippen MR) is 80.0 cm³/mol. The summed E-state index contributed by atoms with van der Waals surface area (Å²) < 4.78 is 7.00. The van der Waals surface area contributed by atoms with Gasteiger partial charge in [0.1, 0.15) is 11.5 Å². The van der Waals surface area contributed by atoms with Crippen molar-refractivity contribution in [2.24, 2.45) is 0 Å². The van der Waals surface area contributed by atoms with E-state index in [1.54, 1.807) is 0 Å². The van der Waals surface area contributed by atoms with E-state index in [9.17, 15) is 0 Å². The minimum Gasteiger partial charge on any atom is -0.457 e. The van der Waals surface area contributed by atoms with Crippen LogP contribution in [0, 0.1) is 10.5 Å². The van der Waals surface area contributed by atoms with Crippen LogP contribution in [-0.4, -0.2) is 0 Å². The van der Waals surface area contributed by atoms with Crippen LogP contribution in [0.3, 0.4) is 0 Å². The fourth-order valence-corrected chi connectivity index (χ4v) is 2.25. The van der Waals surface area contributed by atoms with Crippen molar-refractivity contribution in [3.63, 3.8) is 0 Å². The van der Waals surface area contributed by atoms with Crippen molar-refractivity contribution in [2.45, 2.75) is 12.8 Å². The Morgan fingerprint density at radius 3 is 2.65 bits per heavy atom. The second-order valence-electron chi connectivity index (χ2n) is 3.79. The molecule has 0 aliphatic heterocycles. The van der Waals surface area contributed by atoms with E-state index < -0.39 is 0 Å². The van der Waals surface area contributed by atoms with Gasteiger partial charge in [0.25, 0.3) is 0 Å².